The standard InChI is InChI=1S/C21H30O7S/c22-20(27-14-7-3-1-4-8-14)18-13-11-16(17(12-13)29(24,25)26)19(18)21(23)28-15-9-5-2-6-10-15/h7,13,15-19H,1-6,8-12H2,(H,24,25,26). The van der Waals surface area contributed by atoms with E-state index in [9.17, 15) is 22.6 Å². The maximum Gasteiger partial charge on any atom is 0.315 e. The first-order chi connectivity index (χ1) is 13.8. The Labute approximate surface area is 172 Å². The zero-order valence-corrected chi connectivity index (χ0v) is 17.4. The maximum absolute atomic E-state index is 13.1. The van der Waals surface area contributed by atoms with Crippen molar-refractivity contribution in [2.24, 2.45) is 23.7 Å². The van der Waals surface area contributed by atoms with Crippen molar-refractivity contribution in [1.82, 2.24) is 0 Å². The van der Waals surface area contributed by atoms with Crippen LogP contribution in [0.2, 0.25) is 0 Å². The predicted molar refractivity (Wildman–Crippen MR) is 104 cm³/mol. The van der Waals surface area contributed by atoms with Gasteiger partial charge in [-0.1, -0.05) is 6.42 Å². The summed E-state index contributed by atoms with van der Waals surface area (Å²) < 4.78 is 44.7. The molecule has 29 heavy (non-hydrogen) atoms. The molecule has 3 fully saturated rings. The average Bonchev–Trinajstić information content (AvgIpc) is 3.28. The minimum atomic E-state index is -4.28. The molecule has 0 saturated heterocycles. The van der Waals surface area contributed by atoms with Crippen LogP contribution in [-0.2, 0) is 29.2 Å². The van der Waals surface area contributed by atoms with Gasteiger partial charge in [0.15, 0.2) is 0 Å². The van der Waals surface area contributed by atoms with Crippen molar-refractivity contribution < 1.29 is 32.0 Å². The van der Waals surface area contributed by atoms with Crippen molar-refractivity contribution in [3.05, 3.63) is 11.8 Å². The molecule has 0 amide bonds. The van der Waals surface area contributed by atoms with Crippen LogP contribution < -0.4 is 0 Å². The van der Waals surface area contributed by atoms with Gasteiger partial charge in [-0.15, -0.1) is 0 Å². The van der Waals surface area contributed by atoms with Gasteiger partial charge in [-0.25, -0.2) is 0 Å². The fourth-order valence-electron chi connectivity index (χ4n) is 5.83. The fourth-order valence-corrected chi connectivity index (χ4v) is 7.04. The molecule has 7 nitrogen and oxygen atoms in total. The van der Waals surface area contributed by atoms with Crippen LogP contribution in [0.3, 0.4) is 0 Å². The van der Waals surface area contributed by atoms with Crippen LogP contribution in [0, 0.1) is 23.7 Å². The normalized spacial score (nSPS) is 35.2. The van der Waals surface area contributed by atoms with Gasteiger partial charge in [0.05, 0.1) is 17.1 Å². The third-order valence-electron chi connectivity index (χ3n) is 7.19. The molecule has 0 spiro atoms. The van der Waals surface area contributed by atoms with Gasteiger partial charge in [-0.3, -0.25) is 14.1 Å². The van der Waals surface area contributed by atoms with Crippen molar-refractivity contribution in [1.29, 1.82) is 0 Å². The van der Waals surface area contributed by atoms with Gasteiger partial charge in [0.25, 0.3) is 10.1 Å². The molecule has 0 aromatic rings. The summed E-state index contributed by atoms with van der Waals surface area (Å²) in [4.78, 5) is 26.0. The highest BCUT2D eigenvalue weighted by atomic mass is 32.2. The molecule has 0 heterocycles. The van der Waals surface area contributed by atoms with Crippen LogP contribution in [0.1, 0.15) is 70.6 Å². The second kappa shape index (κ2) is 8.38. The largest absolute Gasteiger partial charge is 0.462 e. The molecule has 4 rings (SSSR count). The van der Waals surface area contributed by atoms with Crippen LogP contribution in [0.4, 0.5) is 0 Å². The molecule has 4 aliphatic rings. The first-order valence-corrected chi connectivity index (χ1v) is 12.4. The minimum absolute atomic E-state index is 0.169. The molecule has 162 valence electrons. The van der Waals surface area contributed by atoms with Gasteiger partial charge in [-0.05, 0) is 75.7 Å². The molecule has 3 saturated carbocycles. The summed E-state index contributed by atoms with van der Waals surface area (Å²) in [6.07, 6.45) is 10.7. The van der Waals surface area contributed by atoms with E-state index in [-0.39, 0.29) is 18.4 Å². The van der Waals surface area contributed by atoms with E-state index in [0.29, 0.717) is 18.6 Å². The summed E-state index contributed by atoms with van der Waals surface area (Å²) in [6.45, 7) is 0. The molecular weight excluding hydrogens is 396 g/mol. The van der Waals surface area contributed by atoms with Crippen LogP contribution in [0.25, 0.3) is 0 Å². The number of esters is 2. The van der Waals surface area contributed by atoms with E-state index in [1.165, 1.54) is 0 Å². The fraction of sp³-hybridized carbons (Fsp3) is 0.810. The third-order valence-corrected chi connectivity index (χ3v) is 8.49. The molecule has 4 aliphatic carbocycles. The first-order valence-electron chi connectivity index (χ1n) is 10.9. The summed E-state index contributed by atoms with van der Waals surface area (Å²) >= 11 is 0. The predicted octanol–water partition coefficient (Wildman–Crippen LogP) is 3.39. The summed E-state index contributed by atoms with van der Waals surface area (Å²) in [6, 6.07) is 0. The van der Waals surface area contributed by atoms with Crippen LogP contribution in [0.5, 0.6) is 0 Å². The Kier molecular flexibility index (Phi) is 6.02. The van der Waals surface area contributed by atoms with Crippen molar-refractivity contribution in [2.75, 3.05) is 0 Å². The van der Waals surface area contributed by atoms with Crippen LogP contribution in [-0.4, -0.2) is 36.3 Å². The van der Waals surface area contributed by atoms with E-state index in [2.05, 4.69) is 0 Å². The first kappa shape index (κ1) is 20.8. The van der Waals surface area contributed by atoms with E-state index in [1.807, 2.05) is 6.08 Å². The third kappa shape index (κ3) is 4.38. The number of allylic oxidation sites excluding steroid dienone is 2. The van der Waals surface area contributed by atoms with Gasteiger partial charge in [0, 0.05) is 6.42 Å². The SMILES string of the molecule is O=C(OC1=CCCCC1)C1C2CC(C1C(=O)OC1CCCCC1)C(S(=O)(=O)O)C2. The molecule has 0 radical (unpaired) electrons. The Hall–Kier alpha value is -1.41. The summed E-state index contributed by atoms with van der Waals surface area (Å²) in [5.74, 6) is -2.75. The van der Waals surface area contributed by atoms with Crippen molar-refractivity contribution in [2.45, 2.75) is 82.0 Å². The maximum atomic E-state index is 13.1. The lowest BCUT2D eigenvalue weighted by Gasteiger charge is -2.33. The second-order valence-electron chi connectivity index (χ2n) is 9.03. The highest BCUT2D eigenvalue weighted by molar-refractivity contribution is 7.86. The van der Waals surface area contributed by atoms with Crippen LogP contribution in [0.15, 0.2) is 11.8 Å². The highest BCUT2D eigenvalue weighted by Crippen LogP contribution is 2.55. The van der Waals surface area contributed by atoms with Crippen LogP contribution >= 0.6 is 0 Å². The lowest BCUT2D eigenvalue weighted by Crippen LogP contribution is -2.44. The number of ether oxygens (including phenoxy) is 2. The van der Waals surface area contributed by atoms with E-state index in [0.717, 1.165) is 51.4 Å². The van der Waals surface area contributed by atoms with Crippen molar-refractivity contribution >= 4 is 22.1 Å². The van der Waals surface area contributed by atoms with E-state index in [1.54, 1.807) is 0 Å². The lowest BCUT2D eigenvalue weighted by molar-refractivity contribution is -0.166. The molecule has 5 unspecified atom stereocenters. The van der Waals surface area contributed by atoms with E-state index >= 15 is 0 Å². The van der Waals surface area contributed by atoms with E-state index < -0.39 is 45.1 Å². The molecule has 0 aromatic carbocycles. The monoisotopic (exact) mass is 426 g/mol. The Bertz CT molecular complexity index is 781. The van der Waals surface area contributed by atoms with E-state index in [4.69, 9.17) is 9.47 Å². The molecule has 2 bridgehead atoms. The average molecular weight is 427 g/mol. The molecular formula is C21H30O7S. The summed E-state index contributed by atoms with van der Waals surface area (Å²) in [5.41, 5.74) is 0. The number of hydrogen-bond acceptors (Lipinski definition) is 6. The Morgan fingerprint density at radius 3 is 2.38 bits per heavy atom. The van der Waals surface area contributed by atoms with Gasteiger partial charge >= 0.3 is 11.9 Å². The number of carbonyl (C=O) groups is 2. The molecule has 8 heteroatoms. The highest BCUT2D eigenvalue weighted by Gasteiger charge is 2.62. The lowest BCUT2D eigenvalue weighted by atomic mass is 9.78. The Morgan fingerprint density at radius 1 is 0.966 bits per heavy atom. The topological polar surface area (TPSA) is 107 Å². The second-order valence-corrected chi connectivity index (χ2v) is 10.7. The molecule has 0 aromatic heterocycles. The summed E-state index contributed by atoms with van der Waals surface area (Å²) in [5, 5.41) is -1.01. The molecule has 1 N–H and O–H groups in total. The minimum Gasteiger partial charge on any atom is -0.462 e. The quantitative estimate of drug-likeness (QED) is 0.530. The molecule has 5 atom stereocenters. The number of rotatable bonds is 5. The number of carbonyl (C=O) groups excluding carboxylic acids is 2. The number of fused-ring (bicyclic) bond motifs is 2. The van der Waals surface area contributed by atoms with Gasteiger partial charge in [0.2, 0.25) is 0 Å². The zero-order chi connectivity index (χ0) is 20.6. The van der Waals surface area contributed by atoms with Crippen molar-refractivity contribution in [3.63, 3.8) is 0 Å². The van der Waals surface area contributed by atoms with Gasteiger partial charge < -0.3 is 9.47 Å². The zero-order valence-electron chi connectivity index (χ0n) is 16.6. The summed E-state index contributed by atoms with van der Waals surface area (Å²) in [7, 11) is -4.28. The molecule has 0 aliphatic heterocycles. The number of hydrogen-bond donors (Lipinski definition) is 1. The van der Waals surface area contributed by atoms with Crippen molar-refractivity contribution in [3.8, 4) is 0 Å². The Balaban J connectivity index is 1.53. The Morgan fingerprint density at radius 2 is 1.72 bits per heavy atom. The smallest absolute Gasteiger partial charge is 0.315 e. The van der Waals surface area contributed by atoms with Gasteiger partial charge in [-0.2, -0.15) is 8.42 Å². The van der Waals surface area contributed by atoms with Gasteiger partial charge in [0.1, 0.15) is 11.9 Å².